The molecule has 0 bridgehead atoms. The van der Waals surface area contributed by atoms with Crippen molar-refractivity contribution in [2.75, 3.05) is 6.61 Å². The average molecular weight is 238 g/mol. The highest BCUT2D eigenvalue weighted by atomic mass is 16.5. The van der Waals surface area contributed by atoms with Crippen molar-refractivity contribution in [3.05, 3.63) is 18.0 Å². The Morgan fingerprint density at radius 2 is 2.29 bits per heavy atom. The molecule has 0 amide bonds. The van der Waals surface area contributed by atoms with Crippen LogP contribution < -0.4 is 0 Å². The molecule has 1 rings (SSSR count). The molecule has 0 aliphatic carbocycles. The van der Waals surface area contributed by atoms with E-state index < -0.39 is 0 Å². The van der Waals surface area contributed by atoms with E-state index in [4.69, 9.17) is 4.74 Å². The summed E-state index contributed by atoms with van der Waals surface area (Å²) >= 11 is 0. The number of hydrogen-bond donors (Lipinski definition) is 0. The number of carbonyl (C=O) groups excluding carboxylic acids is 1. The molecule has 0 saturated heterocycles. The summed E-state index contributed by atoms with van der Waals surface area (Å²) in [7, 11) is 1.88. The number of nitrogens with zero attached hydrogens (tertiary/aromatic N) is 2. The molecule has 4 heteroatoms. The molecule has 1 aromatic rings. The first kappa shape index (κ1) is 13.9. The van der Waals surface area contributed by atoms with Gasteiger partial charge in [0.2, 0.25) is 0 Å². The highest BCUT2D eigenvalue weighted by Gasteiger charge is 2.17. The second-order valence-corrected chi connectivity index (χ2v) is 4.22. The average Bonchev–Trinajstić information content (AvgIpc) is 2.72. The van der Waals surface area contributed by atoms with Crippen LogP contribution in [-0.4, -0.2) is 28.3 Å². The molecule has 1 aromatic heterocycles. The standard InChI is InChI=1S/C13H22N2O2/c1-4-6-13(17-5-2)12(16)8-7-11-9-14-15(3)10-11/h9-10,13H,4-8H2,1-3H3. The minimum Gasteiger partial charge on any atom is -0.371 e. The van der Waals surface area contributed by atoms with Gasteiger partial charge in [0.1, 0.15) is 6.10 Å². The van der Waals surface area contributed by atoms with Crippen LogP contribution in [-0.2, 0) is 23.0 Å². The van der Waals surface area contributed by atoms with E-state index in [1.165, 1.54) is 0 Å². The van der Waals surface area contributed by atoms with Gasteiger partial charge in [-0.15, -0.1) is 0 Å². The number of carbonyl (C=O) groups is 1. The molecule has 0 aliphatic rings. The molecular weight excluding hydrogens is 216 g/mol. The van der Waals surface area contributed by atoms with Gasteiger partial charge in [-0.25, -0.2) is 0 Å². The molecule has 0 N–H and O–H groups in total. The van der Waals surface area contributed by atoms with Crippen LogP contribution in [0.3, 0.4) is 0 Å². The van der Waals surface area contributed by atoms with Crippen LogP contribution in [0.1, 0.15) is 38.7 Å². The first-order valence-electron chi connectivity index (χ1n) is 6.29. The second kappa shape index (κ2) is 7.22. The van der Waals surface area contributed by atoms with Crippen LogP contribution in [0.4, 0.5) is 0 Å². The number of Topliss-reactive ketones (excluding diaryl/α,β-unsaturated/α-hetero) is 1. The van der Waals surface area contributed by atoms with Crippen molar-refractivity contribution >= 4 is 5.78 Å². The number of aromatic nitrogens is 2. The molecule has 1 unspecified atom stereocenters. The number of aryl methyl sites for hydroxylation is 2. The number of hydrogen-bond acceptors (Lipinski definition) is 3. The molecule has 0 saturated carbocycles. The molecule has 4 nitrogen and oxygen atoms in total. The maximum atomic E-state index is 12.0. The smallest absolute Gasteiger partial charge is 0.161 e. The Morgan fingerprint density at radius 3 is 2.82 bits per heavy atom. The lowest BCUT2D eigenvalue weighted by Crippen LogP contribution is -2.24. The van der Waals surface area contributed by atoms with E-state index >= 15 is 0 Å². The van der Waals surface area contributed by atoms with E-state index in [0.717, 1.165) is 24.8 Å². The Bertz CT molecular complexity index is 341. The fraction of sp³-hybridized carbons (Fsp3) is 0.692. The van der Waals surface area contributed by atoms with Crippen LogP contribution in [0.2, 0.25) is 0 Å². The zero-order valence-corrected chi connectivity index (χ0v) is 11.0. The topological polar surface area (TPSA) is 44.1 Å². The van der Waals surface area contributed by atoms with Crippen LogP contribution in [0.25, 0.3) is 0 Å². The summed E-state index contributed by atoms with van der Waals surface area (Å²) in [6.07, 6.45) is 6.62. The third kappa shape index (κ3) is 4.69. The summed E-state index contributed by atoms with van der Waals surface area (Å²) in [5.74, 6) is 0.206. The van der Waals surface area contributed by atoms with Gasteiger partial charge in [-0.3, -0.25) is 9.48 Å². The minimum absolute atomic E-state index is 0.206. The number of ether oxygens (including phenoxy) is 1. The summed E-state index contributed by atoms with van der Waals surface area (Å²) in [6, 6.07) is 0. The number of ketones is 1. The van der Waals surface area contributed by atoms with Gasteiger partial charge in [0.15, 0.2) is 5.78 Å². The molecule has 1 heterocycles. The Kier molecular flexibility index (Phi) is 5.91. The largest absolute Gasteiger partial charge is 0.371 e. The molecule has 0 aliphatic heterocycles. The van der Waals surface area contributed by atoms with E-state index in [1.54, 1.807) is 4.68 Å². The Balaban J connectivity index is 2.41. The predicted octanol–water partition coefficient (Wildman–Crippen LogP) is 2.13. The molecule has 0 radical (unpaired) electrons. The molecular formula is C13H22N2O2. The molecule has 0 fully saturated rings. The molecule has 1 atom stereocenters. The lowest BCUT2D eigenvalue weighted by molar-refractivity contribution is -0.130. The summed E-state index contributed by atoms with van der Waals surface area (Å²) < 4.78 is 7.22. The van der Waals surface area contributed by atoms with Gasteiger partial charge in [-0.05, 0) is 25.3 Å². The first-order valence-corrected chi connectivity index (χ1v) is 6.29. The Labute approximate surface area is 103 Å². The van der Waals surface area contributed by atoms with Gasteiger partial charge in [0.05, 0.1) is 6.20 Å². The zero-order valence-electron chi connectivity index (χ0n) is 11.0. The quantitative estimate of drug-likeness (QED) is 0.697. The molecule has 0 aromatic carbocycles. The van der Waals surface area contributed by atoms with Crippen molar-refractivity contribution < 1.29 is 9.53 Å². The summed E-state index contributed by atoms with van der Waals surface area (Å²) in [5.41, 5.74) is 1.10. The van der Waals surface area contributed by atoms with Crippen LogP contribution in [0.5, 0.6) is 0 Å². The summed E-state index contributed by atoms with van der Waals surface area (Å²) in [6.45, 7) is 4.60. The van der Waals surface area contributed by atoms with Crippen molar-refractivity contribution in [1.82, 2.24) is 9.78 Å². The predicted molar refractivity (Wildman–Crippen MR) is 66.9 cm³/mol. The van der Waals surface area contributed by atoms with Crippen LogP contribution >= 0.6 is 0 Å². The number of rotatable bonds is 8. The minimum atomic E-state index is -0.221. The third-order valence-electron chi connectivity index (χ3n) is 2.70. The molecule has 96 valence electrons. The van der Waals surface area contributed by atoms with E-state index in [-0.39, 0.29) is 11.9 Å². The van der Waals surface area contributed by atoms with Gasteiger partial charge < -0.3 is 4.74 Å². The first-order chi connectivity index (χ1) is 8.17. The van der Waals surface area contributed by atoms with Crippen molar-refractivity contribution in [1.29, 1.82) is 0 Å². The molecule has 17 heavy (non-hydrogen) atoms. The maximum absolute atomic E-state index is 12.0. The van der Waals surface area contributed by atoms with Gasteiger partial charge in [0, 0.05) is 26.3 Å². The summed E-state index contributed by atoms with van der Waals surface area (Å²) in [5, 5.41) is 4.09. The fourth-order valence-electron chi connectivity index (χ4n) is 1.83. The Morgan fingerprint density at radius 1 is 1.53 bits per heavy atom. The highest BCUT2D eigenvalue weighted by Crippen LogP contribution is 2.09. The van der Waals surface area contributed by atoms with Crippen molar-refractivity contribution in [2.45, 2.75) is 45.6 Å². The normalized spacial score (nSPS) is 12.6. The van der Waals surface area contributed by atoms with E-state index in [9.17, 15) is 4.79 Å². The van der Waals surface area contributed by atoms with Gasteiger partial charge in [-0.1, -0.05) is 13.3 Å². The van der Waals surface area contributed by atoms with Crippen molar-refractivity contribution in [2.24, 2.45) is 7.05 Å². The van der Waals surface area contributed by atoms with Gasteiger partial charge in [0.25, 0.3) is 0 Å². The van der Waals surface area contributed by atoms with Crippen LogP contribution in [0.15, 0.2) is 12.4 Å². The van der Waals surface area contributed by atoms with E-state index in [2.05, 4.69) is 12.0 Å². The fourth-order valence-corrected chi connectivity index (χ4v) is 1.83. The summed E-state index contributed by atoms with van der Waals surface area (Å²) in [4.78, 5) is 12.0. The third-order valence-corrected chi connectivity index (χ3v) is 2.70. The lowest BCUT2D eigenvalue weighted by atomic mass is 10.0. The monoisotopic (exact) mass is 238 g/mol. The SMILES string of the molecule is CCCC(OCC)C(=O)CCc1cnn(C)c1. The van der Waals surface area contributed by atoms with Gasteiger partial charge >= 0.3 is 0 Å². The Hall–Kier alpha value is -1.16. The van der Waals surface area contributed by atoms with Crippen molar-refractivity contribution in [3.63, 3.8) is 0 Å². The zero-order chi connectivity index (χ0) is 12.7. The van der Waals surface area contributed by atoms with Crippen molar-refractivity contribution in [3.8, 4) is 0 Å². The van der Waals surface area contributed by atoms with E-state index in [1.807, 2.05) is 26.4 Å². The maximum Gasteiger partial charge on any atom is 0.161 e. The highest BCUT2D eigenvalue weighted by molar-refractivity contribution is 5.83. The van der Waals surface area contributed by atoms with E-state index in [0.29, 0.717) is 13.0 Å². The van der Waals surface area contributed by atoms with Crippen LogP contribution in [0, 0.1) is 0 Å². The second-order valence-electron chi connectivity index (χ2n) is 4.22. The van der Waals surface area contributed by atoms with Gasteiger partial charge in [-0.2, -0.15) is 5.10 Å². The lowest BCUT2D eigenvalue weighted by Gasteiger charge is -2.14. The molecule has 0 spiro atoms.